The zero-order valence-electron chi connectivity index (χ0n) is 19.1. The molecule has 9 nitrogen and oxygen atoms in total. The fourth-order valence-electron chi connectivity index (χ4n) is 3.99. The van der Waals surface area contributed by atoms with E-state index in [9.17, 15) is 4.79 Å². The summed E-state index contributed by atoms with van der Waals surface area (Å²) in [5, 5.41) is 7.06. The summed E-state index contributed by atoms with van der Waals surface area (Å²) in [6, 6.07) is 6.26. The molecule has 0 bridgehead atoms. The number of oxazole rings is 1. The molecule has 0 atom stereocenters. The summed E-state index contributed by atoms with van der Waals surface area (Å²) >= 11 is 0. The van der Waals surface area contributed by atoms with Gasteiger partial charge in [0.25, 0.3) is 5.56 Å². The zero-order chi connectivity index (χ0) is 23.2. The van der Waals surface area contributed by atoms with Crippen molar-refractivity contribution in [2.24, 2.45) is 0 Å². The molecule has 0 saturated heterocycles. The van der Waals surface area contributed by atoms with Gasteiger partial charge in [-0.2, -0.15) is 9.67 Å². The van der Waals surface area contributed by atoms with E-state index in [4.69, 9.17) is 4.42 Å². The Morgan fingerprint density at radius 2 is 2.09 bits per heavy atom. The Hall–Kier alpha value is -3.72. The average molecular weight is 446 g/mol. The largest absolute Gasteiger partial charge is 0.422 e. The summed E-state index contributed by atoms with van der Waals surface area (Å²) in [5.74, 6) is 1.39. The van der Waals surface area contributed by atoms with Crippen LogP contribution in [0.25, 0.3) is 16.9 Å². The van der Waals surface area contributed by atoms with Gasteiger partial charge in [-0.1, -0.05) is 32.9 Å². The monoisotopic (exact) mass is 445 g/mol. The molecule has 0 fully saturated rings. The maximum absolute atomic E-state index is 13.1. The fourth-order valence-corrected chi connectivity index (χ4v) is 3.99. The van der Waals surface area contributed by atoms with E-state index in [1.165, 1.54) is 15.8 Å². The number of rotatable bonds is 5. The summed E-state index contributed by atoms with van der Waals surface area (Å²) in [6.07, 6.45) is 5.81. The van der Waals surface area contributed by atoms with Crippen LogP contribution in [0.5, 0.6) is 0 Å². The van der Waals surface area contributed by atoms with Crippen molar-refractivity contribution in [1.82, 2.24) is 29.6 Å². The summed E-state index contributed by atoms with van der Waals surface area (Å²) in [7, 11) is 0. The molecule has 5 rings (SSSR count). The van der Waals surface area contributed by atoms with Crippen LogP contribution < -0.4 is 16.2 Å². The molecule has 0 saturated carbocycles. The van der Waals surface area contributed by atoms with Crippen molar-refractivity contribution in [3.8, 4) is 5.88 Å². The van der Waals surface area contributed by atoms with Crippen LogP contribution in [0.1, 0.15) is 37.8 Å². The molecule has 1 aliphatic heterocycles. The van der Waals surface area contributed by atoms with Gasteiger partial charge in [-0.15, -0.1) is 6.58 Å². The minimum absolute atomic E-state index is 0.216. The SMILES string of the molecule is C=CCn1c(=O)c2cnc(Nc3ccc4c(c3)CCNC4)nc2n1-c1cnc(C(C)(C)C)o1. The number of hydrogen-bond donors (Lipinski definition) is 2. The number of nitrogens with zero attached hydrogens (tertiary/aromatic N) is 5. The van der Waals surface area contributed by atoms with Crippen LogP contribution in [-0.4, -0.2) is 30.9 Å². The highest BCUT2D eigenvalue weighted by Gasteiger charge is 2.24. The molecule has 0 aliphatic carbocycles. The molecule has 0 amide bonds. The number of anilines is 2. The molecule has 33 heavy (non-hydrogen) atoms. The first-order chi connectivity index (χ1) is 15.8. The molecule has 2 N–H and O–H groups in total. The van der Waals surface area contributed by atoms with Crippen LogP contribution in [0.2, 0.25) is 0 Å². The van der Waals surface area contributed by atoms with Gasteiger partial charge in [0.15, 0.2) is 5.65 Å². The van der Waals surface area contributed by atoms with Crippen LogP contribution in [0.15, 0.2) is 52.5 Å². The molecule has 0 spiro atoms. The highest BCUT2D eigenvalue weighted by molar-refractivity contribution is 5.76. The van der Waals surface area contributed by atoms with E-state index in [0.29, 0.717) is 35.3 Å². The third-order valence-corrected chi connectivity index (χ3v) is 5.67. The van der Waals surface area contributed by atoms with Crippen molar-refractivity contribution >= 4 is 22.7 Å². The average Bonchev–Trinajstić information content (AvgIpc) is 3.38. The highest BCUT2D eigenvalue weighted by Crippen LogP contribution is 2.26. The Labute approximate surface area is 191 Å². The first kappa shape index (κ1) is 21.1. The van der Waals surface area contributed by atoms with Crippen molar-refractivity contribution < 1.29 is 4.42 Å². The van der Waals surface area contributed by atoms with Gasteiger partial charge in [0.2, 0.25) is 17.7 Å². The van der Waals surface area contributed by atoms with Crippen molar-refractivity contribution in [2.45, 2.75) is 45.7 Å². The van der Waals surface area contributed by atoms with Gasteiger partial charge in [0.05, 0.1) is 12.7 Å². The van der Waals surface area contributed by atoms with Crippen LogP contribution in [-0.2, 0) is 24.9 Å². The second-order valence-corrected chi connectivity index (χ2v) is 9.21. The number of nitrogens with one attached hydrogen (secondary N) is 2. The lowest BCUT2D eigenvalue weighted by Gasteiger charge is -2.18. The number of fused-ring (bicyclic) bond motifs is 2. The maximum atomic E-state index is 13.1. The summed E-state index contributed by atoms with van der Waals surface area (Å²) in [5.41, 5.74) is 3.48. The third kappa shape index (κ3) is 3.84. The number of aromatic nitrogens is 5. The standard InChI is InChI=1S/C24H27N7O2/c1-5-10-30-21(32)18-13-27-23(28-17-7-6-16-12-25-9-8-15(16)11-17)29-20(18)31(30)19-14-26-22(33-19)24(2,3)4/h5-7,11,13-14,25H,1,8-10,12H2,2-4H3,(H,27,28,29). The van der Waals surface area contributed by atoms with Gasteiger partial charge < -0.3 is 15.1 Å². The summed E-state index contributed by atoms with van der Waals surface area (Å²) < 4.78 is 9.20. The van der Waals surface area contributed by atoms with Gasteiger partial charge in [0, 0.05) is 23.8 Å². The van der Waals surface area contributed by atoms with Gasteiger partial charge in [-0.3, -0.25) is 4.79 Å². The minimum Gasteiger partial charge on any atom is -0.422 e. The Kier molecular flexibility index (Phi) is 5.13. The smallest absolute Gasteiger partial charge is 0.278 e. The van der Waals surface area contributed by atoms with E-state index < -0.39 is 0 Å². The van der Waals surface area contributed by atoms with Gasteiger partial charge in [0.1, 0.15) is 5.39 Å². The van der Waals surface area contributed by atoms with Crippen molar-refractivity contribution in [3.05, 3.63) is 70.6 Å². The minimum atomic E-state index is -0.269. The predicted molar refractivity (Wildman–Crippen MR) is 127 cm³/mol. The van der Waals surface area contributed by atoms with Crippen molar-refractivity contribution in [3.63, 3.8) is 0 Å². The van der Waals surface area contributed by atoms with Gasteiger partial charge >= 0.3 is 0 Å². The molecular weight excluding hydrogens is 418 g/mol. The van der Waals surface area contributed by atoms with Crippen LogP contribution in [0.3, 0.4) is 0 Å². The topological polar surface area (TPSA) is 103 Å². The van der Waals surface area contributed by atoms with Crippen molar-refractivity contribution in [1.29, 1.82) is 0 Å². The van der Waals surface area contributed by atoms with E-state index in [-0.39, 0.29) is 11.0 Å². The Morgan fingerprint density at radius 1 is 1.24 bits per heavy atom. The maximum Gasteiger partial charge on any atom is 0.278 e. The third-order valence-electron chi connectivity index (χ3n) is 5.67. The molecule has 0 unspecified atom stereocenters. The molecule has 9 heteroatoms. The van der Waals surface area contributed by atoms with E-state index in [1.54, 1.807) is 23.2 Å². The zero-order valence-corrected chi connectivity index (χ0v) is 19.1. The summed E-state index contributed by atoms with van der Waals surface area (Å²) in [6.45, 7) is 12.0. The van der Waals surface area contributed by atoms with E-state index in [2.05, 4.69) is 44.3 Å². The first-order valence-electron chi connectivity index (χ1n) is 11.0. The first-order valence-corrected chi connectivity index (χ1v) is 11.0. The van der Waals surface area contributed by atoms with Crippen LogP contribution in [0, 0.1) is 0 Å². The van der Waals surface area contributed by atoms with Crippen LogP contribution in [0.4, 0.5) is 11.6 Å². The lowest BCUT2D eigenvalue weighted by Crippen LogP contribution is -2.23. The Morgan fingerprint density at radius 3 is 2.85 bits per heavy atom. The van der Waals surface area contributed by atoms with Crippen molar-refractivity contribution in [2.75, 3.05) is 11.9 Å². The molecule has 1 aliphatic rings. The normalized spacial score (nSPS) is 13.8. The Bertz CT molecular complexity index is 1400. The molecule has 4 aromatic rings. The summed E-state index contributed by atoms with van der Waals surface area (Å²) in [4.78, 5) is 26.6. The van der Waals surface area contributed by atoms with Gasteiger partial charge in [-0.25, -0.2) is 14.6 Å². The molecular formula is C24H27N7O2. The van der Waals surface area contributed by atoms with E-state index >= 15 is 0 Å². The second kappa shape index (κ2) is 8.00. The molecule has 3 aromatic heterocycles. The Balaban J connectivity index is 1.59. The fraction of sp³-hybridized carbons (Fsp3) is 0.333. The molecule has 1 aromatic carbocycles. The lowest BCUT2D eigenvalue weighted by molar-refractivity contribution is 0.373. The molecule has 4 heterocycles. The van der Waals surface area contributed by atoms with Gasteiger partial charge in [-0.05, 0) is 36.2 Å². The lowest BCUT2D eigenvalue weighted by atomic mass is 9.97. The van der Waals surface area contributed by atoms with E-state index in [0.717, 1.165) is 25.2 Å². The molecule has 0 radical (unpaired) electrons. The van der Waals surface area contributed by atoms with Crippen LogP contribution >= 0.6 is 0 Å². The van der Waals surface area contributed by atoms with E-state index in [1.807, 2.05) is 26.8 Å². The highest BCUT2D eigenvalue weighted by atomic mass is 16.4. The second-order valence-electron chi connectivity index (χ2n) is 9.21. The number of benzene rings is 1. The number of allylic oxidation sites excluding steroid dienone is 1. The number of hydrogen-bond acceptors (Lipinski definition) is 7. The molecule has 170 valence electrons. The predicted octanol–water partition coefficient (Wildman–Crippen LogP) is 3.44. The quantitative estimate of drug-likeness (QED) is 0.454.